The number of piperazine rings is 1. The molecule has 0 radical (unpaired) electrons. The number of hydrogen-bond donors (Lipinski definition) is 2. The Hall–Kier alpha value is -0.610. The molecule has 86 valence electrons. The first-order valence-corrected chi connectivity index (χ1v) is 5.76. The van der Waals surface area contributed by atoms with Crippen LogP contribution >= 0.6 is 0 Å². The second kappa shape index (κ2) is 3.76. The van der Waals surface area contributed by atoms with Crippen molar-refractivity contribution in [1.29, 1.82) is 0 Å². The first-order chi connectivity index (χ1) is 7.03. The minimum absolute atomic E-state index is 0.0236. The van der Waals surface area contributed by atoms with Gasteiger partial charge in [0, 0.05) is 24.7 Å². The molecule has 1 atom stereocenters. The molecule has 2 aliphatic rings. The van der Waals surface area contributed by atoms with Gasteiger partial charge in [-0.05, 0) is 33.7 Å². The van der Waals surface area contributed by atoms with Crippen LogP contribution in [0.5, 0.6) is 0 Å². The average Bonchev–Trinajstić information content (AvgIpc) is 2.91. The number of nitrogens with one attached hydrogen (secondary N) is 2. The number of likely N-dealkylation sites (N-methyl/N-ethyl adjacent to an activating group) is 1. The first kappa shape index (κ1) is 10.9. The smallest absolute Gasteiger partial charge is 0.239 e. The van der Waals surface area contributed by atoms with E-state index in [1.165, 1.54) is 12.8 Å². The zero-order chi connectivity index (χ0) is 11.1. The van der Waals surface area contributed by atoms with E-state index in [0.717, 1.165) is 13.1 Å². The molecule has 0 aromatic rings. The van der Waals surface area contributed by atoms with E-state index in [-0.39, 0.29) is 17.5 Å². The maximum atomic E-state index is 11.9. The van der Waals surface area contributed by atoms with Gasteiger partial charge in [0.1, 0.15) is 6.04 Å². The molecule has 1 heterocycles. The van der Waals surface area contributed by atoms with Gasteiger partial charge in [-0.15, -0.1) is 0 Å². The zero-order valence-corrected chi connectivity index (χ0v) is 9.84. The standard InChI is InChI=1S/C11H21N3O/c1-11(2)7-14(8-4-5-8)9(6-12-3)10(15)13-11/h8-9,12H,4-7H2,1-3H3,(H,13,15). The van der Waals surface area contributed by atoms with E-state index in [1.807, 2.05) is 7.05 Å². The van der Waals surface area contributed by atoms with Gasteiger partial charge in [-0.3, -0.25) is 9.69 Å². The highest BCUT2D eigenvalue weighted by Gasteiger charge is 2.44. The third-order valence-corrected chi connectivity index (χ3v) is 3.16. The zero-order valence-electron chi connectivity index (χ0n) is 9.84. The molecule has 0 spiro atoms. The summed E-state index contributed by atoms with van der Waals surface area (Å²) in [5, 5.41) is 6.19. The number of hydrogen-bond acceptors (Lipinski definition) is 3. The molecule has 4 nitrogen and oxygen atoms in total. The topological polar surface area (TPSA) is 44.4 Å². The molecule has 1 amide bonds. The van der Waals surface area contributed by atoms with Crippen molar-refractivity contribution >= 4 is 5.91 Å². The van der Waals surface area contributed by atoms with E-state index >= 15 is 0 Å². The van der Waals surface area contributed by atoms with E-state index in [9.17, 15) is 4.79 Å². The summed E-state index contributed by atoms with van der Waals surface area (Å²) in [5.41, 5.74) is -0.0794. The summed E-state index contributed by atoms with van der Waals surface area (Å²) < 4.78 is 0. The lowest BCUT2D eigenvalue weighted by Gasteiger charge is -2.43. The molecule has 0 aromatic carbocycles. The van der Waals surface area contributed by atoms with Crippen LogP contribution in [0.1, 0.15) is 26.7 Å². The van der Waals surface area contributed by atoms with Crippen LogP contribution in [-0.4, -0.2) is 48.6 Å². The summed E-state index contributed by atoms with van der Waals surface area (Å²) in [4.78, 5) is 14.3. The number of carbonyl (C=O) groups excluding carboxylic acids is 1. The summed E-state index contributed by atoms with van der Waals surface area (Å²) in [7, 11) is 1.90. The lowest BCUT2D eigenvalue weighted by molar-refractivity contribution is -0.133. The Labute approximate surface area is 91.4 Å². The van der Waals surface area contributed by atoms with Crippen molar-refractivity contribution in [2.45, 2.75) is 44.3 Å². The van der Waals surface area contributed by atoms with Crippen LogP contribution in [0, 0.1) is 0 Å². The van der Waals surface area contributed by atoms with E-state index < -0.39 is 0 Å². The van der Waals surface area contributed by atoms with Crippen molar-refractivity contribution in [3.63, 3.8) is 0 Å². The molecule has 0 bridgehead atoms. The van der Waals surface area contributed by atoms with Crippen LogP contribution in [0.3, 0.4) is 0 Å². The summed E-state index contributed by atoms with van der Waals surface area (Å²) in [5.74, 6) is 0.174. The van der Waals surface area contributed by atoms with Crippen molar-refractivity contribution in [2.75, 3.05) is 20.1 Å². The van der Waals surface area contributed by atoms with Crippen molar-refractivity contribution in [1.82, 2.24) is 15.5 Å². The van der Waals surface area contributed by atoms with E-state index in [0.29, 0.717) is 6.04 Å². The second-order valence-corrected chi connectivity index (χ2v) is 5.35. The fourth-order valence-electron chi connectivity index (χ4n) is 2.37. The molecular weight excluding hydrogens is 190 g/mol. The first-order valence-electron chi connectivity index (χ1n) is 5.76. The van der Waals surface area contributed by atoms with Gasteiger partial charge in [0.05, 0.1) is 0 Å². The number of rotatable bonds is 3. The Bertz CT molecular complexity index is 261. The van der Waals surface area contributed by atoms with Gasteiger partial charge in [0.15, 0.2) is 0 Å². The molecule has 4 heteroatoms. The summed E-state index contributed by atoms with van der Waals surface area (Å²) in [6.45, 7) is 5.90. The van der Waals surface area contributed by atoms with Crippen LogP contribution in [0.25, 0.3) is 0 Å². The normalized spacial score (nSPS) is 31.4. The van der Waals surface area contributed by atoms with Crippen LogP contribution in [0.15, 0.2) is 0 Å². The van der Waals surface area contributed by atoms with Gasteiger partial charge in [-0.1, -0.05) is 0 Å². The van der Waals surface area contributed by atoms with Crippen LogP contribution < -0.4 is 10.6 Å². The van der Waals surface area contributed by atoms with Gasteiger partial charge >= 0.3 is 0 Å². The predicted molar refractivity (Wildman–Crippen MR) is 59.7 cm³/mol. The maximum Gasteiger partial charge on any atom is 0.239 e. The molecule has 2 rings (SSSR count). The SMILES string of the molecule is CNCC1C(=O)NC(C)(C)CN1C1CC1. The van der Waals surface area contributed by atoms with Crippen molar-refractivity contribution in [2.24, 2.45) is 0 Å². The monoisotopic (exact) mass is 211 g/mol. The van der Waals surface area contributed by atoms with Gasteiger partial charge < -0.3 is 10.6 Å². The molecule has 1 unspecified atom stereocenters. The molecule has 2 N–H and O–H groups in total. The van der Waals surface area contributed by atoms with Gasteiger partial charge in [-0.2, -0.15) is 0 Å². The quantitative estimate of drug-likeness (QED) is 0.688. The number of carbonyl (C=O) groups is 1. The molecule has 1 aliphatic heterocycles. The Morgan fingerprint density at radius 3 is 2.73 bits per heavy atom. The fraction of sp³-hybridized carbons (Fsp3) is 0.909. The highest BCUT2D eigenvalue weighted by atomic mass is 16.2. The average molecular weight is 211 g/mol. The van der Waals surface area contributed by atoms with E-state index in [2.05, 4.69) is 29.4 Å². The molecule has 0 aromatic heterocycles. The van der Waals surface area contributed by atoms with Crippen molar-refractivity contribution in [3.8, 4) is 0 Å². The largest absolute Gasteiger partial charge is 0.349 e. The predicted octanol–water partition coefficient (Wildman–Crippen LogP) is -0.0528. The lowest BCUT2D eigenvalue weighted by atomic mass is 9.98. The summed E-state index contributed by atoms with van der Waals surface area (Å²) in [6, 6.07) is 0.671. The minimum atomic E-state index is -0.0794. The lowest BCUT2D eigenvalue weighted by Crippen LogP contribution is -2.67. The Morgan fingerprint density at radius 2 is 2.20 bits per heavy atom. The third-order valence-electron chi connectivity index (χ3n) is 3.16. The van der Waals surface area contributed by atoms with Gasteiger partial charge in [-0.25, -0.2) is 0 Å². The second-order valence-electron chi connectivity index (χ2n) is 5.35. The summed E-state index contributed by atoms with van der Waals surface area (Å²) >= 11 is 0. The Kier molecular flexibility index (Phi) is 2.73. The van der Waals surface area contributed by atoms with Gasteiger partial charge in [0.2, 0.25) is 5.91 Å². The minimum Gasteiger partial charge on any atom is -0.349 e. The molecule has 2 fully saturated rings. The molecule has 1 aliphatic carbocycles. The van der Waals surface area contributed by atoms with E-state index in [4.69, 9.17) is 0 Å². The Morgan fingerprint density at radius 1 is 1.53 bits per heavy atom. The van der Waals surface area contributed by atoms with Crippen LogP contribution in [0.2, 0.25) is 0 Å². The third kappa shape index (κ3) is 2.32. The van der Waals surface area contributed by atoms with Crippen LogP contribution in [0.4, 0.5) is 0 Å². The molecular formula is C11H21N3O. The fourth-order valence-corrected chi connectivity index (χ4v) is 2.37. The molecule has 1 saturated carbocycles. The van der Waals surface area contributed by atoms with Crippen LogP contribution in [-0.2, 0) is 4.79 Å². The van der Waals surface area contributed by atoms with E-state index in [1.54, 1.807) is 0 Å². The molecule has 15 heavy (non-hydrogen) atoms. The van der Waals surface area contributed by atoms with Crippen molar-refractivity contribution in [3.05, 3.63) is 0 Å². The van der Waals surface area contributed by atoms with Crippen molar-refractivity contribution < 1.29 is 4.79 Å². The Balaban J connectivity index is 2.10. The number of amides is 1. The highest BCUT2D eigenvalue weighted by molar-refractivity contribution is 5.83. The van der Waals surface area contributed by atoms with Gasteiger partial charge in [0.25, 0.3) is 0 Å². The highest BCUT2D eigenvalue weighted by Crippen LogP contribution is 2.31. The maximum absolute atomic E-state index is 11.9. The summed E-state index contributed by atoms with van der Waals surface area (Å²) in [6.07, 6.45) is 2.51. The number of nitrogens with zero attached hydrogens (tertiary/aromatic N) is 1. The molecule has 1 saturated heterocycles.